The molecule has 168 valence electrons. The van der Waals surface area contributed by atoms with Gasteiger partial charge in [-0.3, -0.25) is 9.67 Å². The lowest BCUT2D eigenvalue weighted by molar-refractivity contribution is 0.202. The predicted molar refractivity (Wildman–Crippen MR) is 121 cm³/mol. The van der Waals surface area contributed by atoms with E-state index in [0.717, 1.165) is 47.9 Å². The summed E-state index contributed by atoms with van der Waals surface area (Å²) in [6.45, 7) is 4.01. The fourth-order valence-electron chi connectivity index (χ4n) is 5.17. The van der Waals surface area contributed by atoms with Crippen molar-refractivity contribution in [2.75, 3.05) is 13.1 Å². The highest BCUT2D eigenvalue weighted by atomic mass is 19.1. The van der Waals surface area contributed by atoms with Gasteiger partial charge in [0, 0.05) is 60.3 Å². The Kier molecular flexibility index (Phi) is 4.46. The van der Waals surface area contributed by atoms with E-state index >= 15 is 0 Å². The number of aromatic nitrogens is 5. The van der Waals surface area contributed by atoms with Gasteiger partial charge in [0.05, 0.1) is 17.9 Å². The van der Waals surface area contributed by atoms with Gasteiger partial charge in [-0.05, 0) is 49.6 Å². The number of aryl methyl sites for hydroxylation is 1. The van der Waals surface area contributed by atoms with Gasteiger partial charge in [-0.2, -0.15) is 5.10 Å². The Labute approximate surface area is 189 Å². The maximum atomic E-state index is 13.5. The second-order valence-electron chi connectivity index (χ2n) is 9.09. The summed E-state index contributed by atoms with van der Waals surface area (Å²) in [5.74, 6) is -0.408. The topological polar surface area (TPSA) is 91.7 Å². The Morgan fingerprint density at radius 1 is 1.21 bits per heavy atom. The second-order valence-corrected chi connectivity index (χ2v) is 9.09. The number of likely N-dealkylation sites (tertiary alicyclic amines) is 1. The minimum atomic E-state index is -0.408. The zero-order chi connectivity index (χ0) is 22.6. The number of amides is 2. The SMILES string of the molecule is C[C@@H](NC(=O)N1CCC2(CCn3nc(-c4cnc5[nH]ccc5c4)cc32)C1)c1cncc(F)c1. The van der Waals surface area contributed by atoms with Crippen LogP contribution >= 0.6 is 0 Å². The number of pyridine rings is 2. The molecule has 6 rings (SSSR count). The molecule has 0 bridgehead atoms. The lowest BCUT2D eigenvalue weighted by atomic mass is 9.82. The number of H-pyrrole nitrogens is 1. The maximum Gasteiger partial charge on any atom is 0.317 e. The molecule has 6 heterocycles. The van der Waals surface area contributed by atoms with Gasteiger partial charge in [-0.1, -0.05) is 0 Å². The number of fused-ring (bicyclic) bond motifs is 3. The van der Waals surface area contributed by atoms with Crippen molar-refractivity contribution in [3.8, 4) is 11.3 Å². The van der Waals surface area contributed by atoms with Crippen LogP contribution in [0.25, 0.3) is 22.3 Å². The molecule has 9 heteroatoms. The van der Waals surface area contributed by atoms with E-state index in [1.54, 1.807) is 6.20 Å². The highest BCUT2D eigenvalue weighted by Gasteiger charge is 2.47. The van der Waals surface area contributed by atoms with Crippen molar-refractivity contribution in [2.45, 2.75) is 37.8 Å². The van der Waals surface area contributed by atoms with Crippen LogP contribution in [-0.4, -0.2) is 48.8 Å². The summed E-state index contributed by atoms with van der Waals surface area (Å²) in [6, 6.07) is 7.20. The van der Waals surface area contributed by atoms with E-state index < -0.39 is 5.82 Å². The van der Waals surface area contributed by atoms with E-state index in [1.165, 1.54) is 11.8 Å². The van der Waals surface area contributed by atoms with E-state index in [2.05, 4.69) is 37.1 Å². The number of hydrogen-bond acceptors (Lipinski definition) is 4. The molecular weight excluding hydrogens is 421 g/mol. The number of carbonyl (C=O) groups is 1. The van der Waals surface area contributed by atoms with Crippen LogP contribution < -0.4 is 5.32 Å². The van der Waals surface area contributed by atoms with Crippen LogP contribution in [0.1, 0.15) is 37.1 Å². The lowest BCUT2D eigenvalue weighted by Crippen LogP contribution is -2.41. The summed E-state index contributed by atoms with van der Waals surface area (Å²) >= 11 is 0. The van der Waals surface area contributed by atoms with E-state index in [-0.39, 0.29) is 17.5 Å². The molecule has 0 aliphatic carbocycles. The minimum absolute atomic E-state index is 0.0855. The van der Waals surface area contributed by atoms with Crippen LogP contribution in [0.5, 0.6) is 0 Å². The molecule has 4 aromatic heterocycles. The van der Waals surface area contributed by atoms with E-state index in [0.29, 0.717) is 18.7 Å². The third-order valence-electron chi connectivity index (χ3n) is 7.03. The van der Waals surface area contributed by atoms with E-state index in [9.17, 15) is 9.18 Å². The van der Waals surface area contributed by atoms with Gasteiger partial charge in [0.2, 0.25) is 0 Å². The van der Waals surface area contributed by atoms with Crippen molar-refractivity contribution in [3.63, 3.8) is 0 Å². The minimum Gasteiger partial charge on any atom is -0.346 e. The molecule has 1 saturated heterocycles. The molecule has 8 nitrogen and oxygen atoms in total. The normalized spacial score (nSPS) is 20.5. The summed E-state index contributed by atoms with van der Waals surface area (Å²) in [6.07, 6.45) is 8.34. The standard InChI is InChI=1S/C24H24FN7O/c1-15(17-9-19(25)13-26-11-17)29-23(33)31-6-3-24(14-31)4-7-32-21(24)10-20(30-32)18-8-16-2-5-27-22(16)28-12-18/h2,5,8-13,15H,3-4,6-7,14H2,1H3,(H,27,28)(H,29,33)/t15-,24?/m1/s1. The molecule has 2 aliphatic heterocycles. The summed E-state index contributed by atoms with van der Waals surface area (Å²) in [5.41, 5.74) is 4.51. The molecule has 33 heavy (non-hydrogen) atoms. The third-order valence-corrected chi connectivity index (χ3v) is 7.03. The molecule has 1 unspecified atom stereocenters. The molecule has 0 radical (unpaired) electrons. The van der Waals surface area contributed by atoms with Crippen LogP contribution in [0.3, 0.4) is 0 Å². The van der Waals surface area contributed by atoms with Gasteiger partial charge in [-0.15, -0.1) is 0 Å². The highest BCUT2D eigenvalue weighted by molar-refractivity contribution is 5.80. The fraction of sp³-hybridized carbons (Fsp3) is 0.333. The Balaban J connectivity index is 1.20. The summed E-state index contributed by atoms with van der Waals surface area (Å²) in [4.78, 5) is 26.3. The number of urea groups is 1. The smallest absolute Gasteiger partial charge is 0.317 e. The molecule has 2 N–H and O–H groups in total. The van der Waals surface area contributed by atoms with Crippen LogP contribution in [0, 0.1) is 5.82 Å². The first-order valence-corrected chi connectivity index (χ1v) is 11.2. The Hall–Kier alpha value is -3.75. The molecule has 1 fully saturated rings. The second kappa shape index (κ2) is 7.40. The summed E-state index contributed by atoms with van der Waals surface area (Å²) in [7, 11) is 0. The lowest BCUT2D eigenvalue weighted by Gasteiger charge is -2.25. The van der Waals surface area contributed by atoms with Crippen molar-refractivity contribution >= 4 is 17.1 Å². The van der Waals surface area contributed by atoms with Crippen molar-refractivity contribution in [1.29, 1.82) is 0 Å². The Morgan fingerprint density at radius 2 is 2.09 bits per heavy atom. The average Bonchev–Trinajstić information content (AvgIpc) is 3.59. The van der Waals surface area contributed by atoms with Crippen molar-refractivity contribution < 1.29 is 9.18 Å². The molecule has 2 aliphatic rings. The van der Waals surface area contributed by atoms with Crippen molar-refractivity contribution in [3.05, 3.63) is 66.1 Å². The number of hydrogen-bond donors (Lipinski definition) is 2. The molecule has 0 aromatic carbocycles. The maximum absolute atomic E-state index is 13.5. The number of aromatic amines is 1. The van der Waals surface area contributed by atoms with Gasteiger partial charge >= 0.3 is 6.03 Å². The van der Waals surface area contributed by atoms with E-state index in [4.69, 9.17) is 5.10 Å². The van der Waals surface area contributed by atoms with Gasteiger partial charge in [0.25, 0.3) is 0 Å². The molecular formula is C24H24FN7O. The summed E-state index contributed by atoms with van der Waals surface area (Å²) in [5, 5.41) is 8.89. The molecule has 4 aromatic rings. The van der Waals surface area contributed by atoms with Gasteiger partial charge in [0.1, 0.15) is 11.5 Å². The van der Waals surface area contributed by atoms with Crippen LogP contribution in [-0.2, 0) is 12.0 Å². The first-order valence-electron chi connectivity index (χ1n) is 11.2. The highest BCUT2D eigenvalue weighted by Crippen LogP contribution is 2.43. The number of nitrogens with one attached hydrogen (secondary N) is 2. The monoisotopic (exact) mass is 445 g/mol. The quantitative estimate of drug-likeness (QED) is 0.502. The zero-order valence-corrected chi connectivity index (χ0v) is 18.3. The van der Waals surface area contributed by atoms with Crippen LogP contribution in [0.4, 0.5) is 9.18 Å². The Bertz CT molecular complexity index is 1360. The Morgan fingerprint density at radius 3 is 2.97 bits per heavy atom. The molecule has 1 spiro atoms. The first-order chi connectivity index (χ1) is 16.0. The largest absolute Gasteiger partial charge is 0.346 e. The number of carbonyl (C=O) groups excluding carboxylic acids is 1. The molecule has 2 amide bonds. The molecule has 2 atom stereocenters. The average molecular weight is 446 g/mol. The van der Waals surface area contributed by atoms with Crippen molar-refractivity contribution in [2.24, 2.45) is 0 Å². The summed E-state index contributed by atoms with van der Waals surface area (Å²) < 4.78 is 15.6. The van der Waals surface area contributed by atoms with Crippen LogP contribution in [0.15, 0.2) is 49.1 Å². The third kappa shape index (κ3) is 3.35. The zero-order valence-electron chi connectivity index (χ0n) is 18.3. The van der Waals surface area contributed by atoms with Gasteiger partial charge in [0.15, 0.2) is 0 Å². The van der Waals surface area contributed by atoms with Gasteiger partial charge < -0.3 is 15.2 Å². The number of nitrogens with zero attached hydrogens (tertiary/aromatic N) is 5. The van der Waals surface area contributed by atoms with Crippen molar-refractivity contribution in [1.82, 2.24) is 34.9 Å². The van der Waals surface area contributed by atoms with E-state index in [1.807, 2.05) is 30.3 Å². The molecule has 0 saturated carbocycles. The number of rotatable bonds is 3. The first kappa shape index (κ1) is 19.9. The van der Waals surface area contributed by atoms with Crippen LogP contribution in [0.2, 0.25) is 0 Å². The fourth-order valence-corrected chi connectivity index (χ4v) is 5.17. The predicted octanol–water partition coefficient (Wildman–Crippen LogP) is 3.78. The number of halogens is 1. The van der Waals surface area contributed by atoms with Gasteiger partial charge in [-0.25, -0.2) is 14.2 Å².